The van der Waals surface area contributed by atoms with E-state index in [1.54, 1.807) is 0 Å². The van der Waals surface area contributed by atoms with Gasteiger partial charge in [-0.25, -0.2) is 14.2 Å². The number of ether oxygens (including phenoxy) is 1. The molecule has 2 aromatic rings. The number of halogens is 2. The quantitative estimate of drug-likeness (QED) is 0.885. The maximum absolute atomic E-state index is 13.7. The molecule has 0 saturated carbocycles. The summed E-state index contributed by atoms with van der Waals surface area (Å²) in [5.41, 5.74) is 6.71. The molecule has 5 nitrogen and oxygen atoms in total. The van der Waals surface area contributed by atoms with E-state index in [2.05, 4.69) is 4.98 Å². The molecule has 7 heteroatoms. The average molecular weight is 300 g/mol. The van der Waals surface area contributed by atoms with Gasteiger partial charge in [0.25, 0.3) is 0 Å². The predicted octanol–water partition coefficient (Wildman–Crippen LogP) is 2.78. The van der Waals surface area contributed by atoms with Crippen LogP contribution in [0.5, 0.6) is 0 Å². The highest BCUT2D eigenvalue weighted by Crippen LogP contribution is 2.31. The van der Waals surface area contributed by atoms with E-state index in [0.29, 0.717) is 11.0 Å². The van der Waals surface area contributed by atoms with E-state index in [1.807, 2.05) is 13.8 Å². The summed E-state index contributed by atoms with van der Waals surface area (Å²) in [5, 5.41) is -0.0404. The predicted molar refractivity (Wildman–Crippen MR) is 75.0 cm³/mol. The molecular formula is C13H15ClFN3O2. The third-order valence-corrected chi connectivity index (χ3v) is 3.40. The van der Waals surface area contributed by atoms with Crippen molar-refractivity contribution in [1.82, 2.24) is 9.55 Å². The topological polar surface area (TPSA) is 70.1 Å². The van der Waals surface area contributed by atoms with Crippen molar-refractivity contribution in [3.63, 3.8) is 0 Å². The van der Waals surface area contributed by atoms with Crippen LogP contribution in [0, 0.1) is 11.7 Å². The van der Waals surface area contributed by atoms with Crippen molar-refractivity contribution >= 4 is 34.6 Å². The first-order valence-electron chi connectivity index (χ1n) is 6.07. The smallest absolute Gasteiger partial charge is 0.329 e. The lowest BCUT2D eigenvalue weighted by molar-refractivity contribution is -0.145. The van der Waals surface area contributed by atoms with Crippen molar-refractivity contribution in [3.05, 3.63) is 23.0 Å². The van der Waals surface area contributed by atoms with E-state index >= 15 is 0 Å². The Bertz CT molecular complexity index is 669. The maximum Gasteiger partial charge on any atom is 0.329 e. The standard InChI is InChI=1S/C13H15ClFN3O2/c1-6(2)11(12(19)20-3)18-10-5-8(15)7(14)4-9(10)17-13(18)16/h4-6,11H,1-3H3,(H2,16,17). The largest absolute Gasteiger partial charge is 0.467 e. The first-order chi connectivity index (χ1) is 9.36. The molecule has 0 aliphatic carbocycles. The summed E-state index contributed by atoms with van der Waals surface area (Å²) < 4.78 is 19.9. The Morgan fingerprint density at radius 1 is 1.50 bits per heavy atom. The summed E-state index contributed by atoms with van der Waals surface area (Å²) in [6, 6.07) is 1.93. The lowest BCUT2D eigenvalue weighted by Gasteiger charge is -2.21. The minimum atomic E-state index is -0.675. The van der Waals surface area contributed by atoms with Gasteiger partial charge in [-0.15, -0.1) is 0 Å². The highest BCUT2D eigenvalue weighted by atomic mass is 35.5. The number of hydrogen-bond acceptors (Lipinski definition) is 4. The number of rotatable bonds is 3. The first-order valence-corrected chi connectivity index (χ1v) is 6.45. The Hall–Kier alpha value is -1.82. The molecule has 1 heterocycles. The molecule has 0 aliphatic rings. The zero-order chi connectivity index (χ0) is 15.0. The zero-order valence-corrected chi connectivity index (χ0v) is 12.1. The fraction of sp³-hybridized carbons (Fsp3) is 0.385. The number of aromatic nitrogens is 2. The van der Waals surface area contributed by atoms with Gasteiger partial charge >= 0.3 is 5.97 Å². The van der Waals surface area contributed by atoms with Gasteiger partial charge in [0.15, 0.2) is 0 Å². The number of nitrogens with zero attached hydrogens (tertiary/aromatic N) is 2. The van der Waals surface area contributed by atoms with Crippen molar-refractivity contribution in [2.75, 3.05) is 12.8 Å². The SMILES string of the molecule is COC(=O)C(C(C)C)n1c(N)nc2cc(Cl)c(F)cc21. The number of hydrogen-bond donors (Lipinski definition) is 1. The van der Waals surface area contributed by atoms with Gasteiger partial charge in [0.2, 0.25) is 5.95 Å². The van der Waals surface area contributed by atoms with Gasteiger partial charge in [0.05, 0.1) is 23.2 Å². The van der Waals surface area contributed by atoms with E-state index in [-0.39, 0.29) is 16.9 Å². The number of esters is 1. The Balaban J connectivity index is 2.71. The number of nitrogens with two attached hydrogens (primary N) is 1. The Labute approximate surface area is 120 Å². The normalized spacial score (nSPS) is 12.9. The molecule has 1 aromatic heterocycles. The fourth-order valence-corrected chi connectivity index (χ4v) is 2.36. The number of carbonyl (C=O) groups is 1. The van der Waals surface area contributed by atoms with Gasteiger partial charge in [-0.05, 0) is 12.0 Å². The molecule has 108 valence electrons. The molecule has 1 aromatic carbocycles. The Morgan fingerprint density at radius 2 is 2.15 bits per heavy atom. The van der Waals surface area contributed by atoms with E-state index in [1.165, 1.54) is 23.8 Å². The van der Waals surface area contributed by atoms with Gasteiger partial charge in [-0.1, -0.05) is 25.4 Å². The summed E-state index contributed by atoms with van der Waals surface area (Å²) >= 11 is 5.72. The van der Waals surface area contributed by atoms with Crippen LogP contribution in [0.2, 0.25) is 5.02 Å². The van der Waals surface area contributed by atoms with Crippen LogP contribution in [0.15, 0.2) is 12.1 Å². The summed E-state index contributed by atoms with van der Waals surface area (Å²) in [4.78, 5) is 16.1. The minimum absolute atomic E-state index is 0.0404. The summed E-state index contributed by atoms with van der Waals surface area (Å²) in [5.74, 6) is -1.03. The molecule has 0 saturated heterocycles. The van der Waals surface area contributed by atoms with Gasteiger partial charge < -0.3 is 10.5 Å². The number of benzene rings is 1. The van der Waals surface area contributed by atoms with Gasteiger partial charge in [-0.2, -0.15) is 0 Å². The second-order valence-corrected chi connectivity index (χ2v) is 5.21. The molecule has 1 atom stereocenters. The van der Waals surface area contributed by atoms with E-state index in [4.69, 9.17) is 22.1 Å². The third-order valence-electron chi connectivity index (χ3n) is 3.11. The number of fused-ring (bicyclic) bond motifs is 1. The van der Waals surface area contributed by atoms with Crippen LogP contribution >= 0.6 is 11.6 Å². The van der Waals surface area contributed by atoms with Crippen LogP contribution in [-0.4, -0.2) is 22.6 Å². The lowest BCUT2D eigenvalue weighted by Crippen LogP contribution is -2.26. The molecule has 20 heavy (non-hydrogen) atoms. The molecule has 2 rings (SSSR count). The summed E-state index contributed by atoms with van der Waals surface area (Å²) in [6.07, 6.45) is 0. The van der Waals surface area contributed by atoms with Crippen LogP contribution in [-0.2, 0) is 9.53 Å². The lowest BCUT2D eigenvalue weighted by atomic mass is 10.0. The number of anilines is 1. The molecule has 0 bridgehead atoms. The van der Waals surface area contributed by atoms with Gasteiger partial charge in [-0.3, -0.25) is 4.57 Å². The van der Waals surface area contributed by atoms with E-state index in [9.17, 15) is 9.18 Å². The molecule has 0 radical (unpaired) electrons. The molecule has 1 unspecified atom stereocenters. The number of carbonyl (C=O) groups excluding carboxylic acids is 1. The molecular weight excluding hydrogens is 285 g/mol. The van der Waals surface area contributed by atoms with E-state index < -0.39 is 17.8 Å². The van der Waals surface area contributed by atoms with Crippen LogP contribution in [0.25, 0.3) is 11.0 Å². The van der Waals surface area contributed by atoms with Crippen LogP contribution < -0.4 is 5.73 Å². The van der Waals surface area contributed by atoms with Crippen LogP contribution in [0.1, 0.15) is 19.9 Å². The second-order valence-electron chi connectivity index (χ2n) is 4.81. The zero-order valence-electron chi connectivity index (χ0n) is 11.4. The maximum atomic E-state index is 13.7. The highest BCUT2D eigenvalue weighted by Gasteiger charge is 2.29. The molecule has 0 amide bonds. The molecule has 2 N–H and O–H groups in total. The van der Waals surface area contributed by atoms with E-state index in [0.717, 1.165) is 0 Å². The molecule has 0 aliphatic heterocycles. The van der Waals surface area contributed by atoms with Gasteiger partial charge in [0.1, 0.15) is 11.9 Å². The first kappa shape index (κ1) is 14.6. The van der Waals surface area contributed by atoms with Crippen LogP contribution in [0.4, 0.5) is 10.3 Å². The second kappa shape index (κ2) is 5.28. The Morgan fingerprint density at radius 3 is 2.70 bits per heavy atom. The summed E-state index contributed by atoms with van der Waals surface area (Å²) in [6.45, 7) is 3.69. The Kier molecular flexibility index (Phi) is 3.85. The molecule has 0 spiro atoms. The van der Waals surface area contributed by atoms with Crippen molar-refractivity contribution in [2.24, 2.45) is 5.92 Å². The highest BCUT2D eigenvalue weighted by molar-refractivity contribution is 6.31. The van der Waals surface area contributed by atoms with Crippen molar-refractivity contribution < 1.29 is 13.9 Å². The summed E-state index contributed by atoms with van der Waals surface area (Å²) in [7, 11) is 1.30. The third kappa shape index (κ3) is 2.31. The van der Waals surface area contributed by atoms with Crippen molar-refractivity contribution in [3.8, 4) is 0 Å². The van der Waals surface area contributed by atoms with Crippen LogP contribution in [0.3, 0.4) is 0 Å². The number of imidazole rings is 1. The monoisotopic (exact) mass is 299 g/mol. The fourth-order valence-electron chi connectivity index (χ4n) is 2.20. The minimum Gasteiger partial charge on any atom is -0.467 e. The van der Waals surface area contributed by atoms with Crippen molar-refractivity contribution in [1.29, 1.82) is 0 Å². The average Bonchev–Trinajstić information content (AvgIpc) is 2.66. The molecule has 0 fully saturated rings. The van der Waals surface area contributed by atoms with Crippen molar-refractivity contribution in [2.45, 2.75) is 19.9 Å². The number of methoxy groups -OCH3 is 1. The van der Waals surface area contributed by atoms with Gasteiger partial charge in [0, 0.05) is 6.07 Å². The number of nitrogen functional groups attached to an aromatic ring is 1.